The molecular weight excluding hydrogens is 466 g/mol. The van der Waals surface area contributed by atoms with E-state index in [1.165, 1.54) is 18.9 Å². The molecule has 0 aromatic heterocycles. The molecule has 1 aliphatic heterocycles. The van der Waals surface area contributed by atoms with Crippen molar-refractivity contribution < 1.29 is 19.4 Å². The zero-order chi connectivity index (χ0) is 25.2. The molecule has 1 heterocycles. The number of fused-ring (bicyclic) bond motifs is 1. The van der Waals surface area contributed by atoms with Crippen LogP contribution in [-0.2, 0) is 9.59 Å². The monoisotopic (exact) mass is 491 g/mol. The van der Waals surface area contributed by atoms with Gasteiger partial charge in [0.2, 0.25) is 5.66 Å². The number of aliphatic hydroxyl groups excluding tert-OH is 1. The van der Waals surface area contributed by atoms with Crippen molar-refractivity contribution in [2.45, 2.75) is 18.7 Å². The number of carbonyl (C=O) groups is 2. The van der Waals surface area contributed by atoms with Crippen LogP contribution in [0, 0.1) is 5.92 Å². The number of hydrogen-bond acceptors (Lipinski definition) is 6. The first-order valence-corrected chi connectivity index (χ1v) is 11.5. The van der Waals surface area contributed by atoms with Gasteiger partial charge in [0.25, 0.3) is 5.91 Å². The summed E-state index contributed by atoms with van der Waals surface area (Å²) in [7, 11) is 1.53. The minimum Gasteiger partial charge on any atom is -0.491 e. The van der Waals surface area contributed by atoms with Crippen LogP contribution in [0.2, 0.25) is 5.02 Å². The van der Waals surface area contributed by atoms with Gasteiger partial charge < -0.3 is 14.7 Å². The van der Waals surface area contributed by atoms with Crippen molar-refractivity contribution in [1.82, 2.24) is 0 Å². The zero-order valence-electron chi connectivity index (χ0n) is 19.4. The molecule has 4 rings (SSSR count). The fraction of sp³-hybridized carbons (Fsp3) is 0.222. The van der Waals surface area contributed by atoms with Crippen LogP contribution in [0.3, 0.4) is 0 Å². The average molecular weight is 492 g/mol. The Morgan fingerprint density at radius 1 is 1.11 bits per heavy atom. The van der Waals surface area contributed by atoms with Crippen LogP contribution in [0.1, 0.15) is 18.1 Å². The second-order valence-corrected chi connectivity index (χ2v) is 8.90. The summed E-state index contributed by atoms with van der Waals surface area (Å²) in [5, 5.41) is 11.2. The third kappa shape index (κ3) is 4.84. The summed E-state index contributed by atoms with van der Waals surface area (Å²) in [6.07, 6.45) is -1.21. The Kier molecular flexibility index (Phi) is 7.03. The van der Waals surface area contributed by atoms with Gasteiger partial charge in [-0.1, -0.05) is 67.1 Å². The number of amides is 1. The molecule has 0 bridgehead atoms. The number of ketones is 1. The summed E-state index contributed by atoms with van der Waals surface area (Å²) in [5.41, 5.74) is 6.36. The molecule has 7 nitrogen and oxygen atoms in total. The van der Waals surface area contributed by atoms with E-state index in [2.05, 4.69) is 4.99 Å². The summed E-state index contributed by atoms with van der Waals surface area (Å²) in [4.78, 5) is 33.1. The Hall–Kier alpha value is -3.52. The smallest absolute Gasteiger partial charge is 0.277 e. The Balaban J connectivity index is 1.73. The molecular formula is C27H26ClN3O4. The molecule has 0 saturated heterocycles. The molecule has 1 unspecified atom stereocenters. The Bertz CT molecular complexity index is 1270. The highest BCUT2D eigenvalue weighted by molar-refractivity contribution is 6.32. The number of rotatable bonds is 7. The van der Waals surface area contributed by atoms with Crippen LogP contribution >= 0.6 is 11.6 Å². The molecule has 0 fully saturated rings. The SMILES string of the molecule is C[C@@H](C(=O)C1(N)N=C(c2ccccc2)c2cc(Cl)ccc2N(C)C1=O)[C@H](O)COc1ccccc1. The molecule has 1 aliphatic rings. The van der Waals surface area contributed by atoms with E-state index in [4.69, 9.17) is 22.1 Å². The van der Waals surface area contributed by atoms with Gasteiger partial charge in [0.15, 0.2) is 5.78 Å². The quantitative estimate of drug-likeness (QED) is 0.492. The van der Waals surface area contributed by atoms with E-state index in [9.17, 15) is 14.7 Å². The van der Waals surface area contributed by atoms with Crippen LogP contribution in [0.4, 0.5) is 5.69 Å². The summed E-state index contributed by atoms with van der Waals surface area (Å²) >= 11 is 6.27. The van der Waals surface area contributed by atoms with Crippen LogP contribution in [-0.4, -0.2) is 47.9 Å². The Labute approximate surface area is 208 Å². The molecule has 3 atom stereocenters. The Morgan fingerprint density at radius 3 is 2.40 bits per heavy atom. The molecule has 0 saturated carbocycles. The molecule has 0 aliphatic carbocycles. The number of aliphatic hydroxyl groups is 1. The van der Waals surface area contributed by atoms with Gasteiger partial charge in [0, 0.05) is 29.1 Å². The second kappa shape index (κ2) is 10.00. The predicted octanol–water partition coefficient (Wildman–Crippen LogP) is 3.45. The summed E-state index contributed by atoms with van der Waals surface area (Å²) in [5.74, 6) is -1.91. The molecule has 8 heteroatoms. The molecule has 180 valence electrons. The highest BCUT2D eigenvalue weighted by Crippen LogP contribution is 2.33. The van der Waals surface area contributed by atoms with Crippen molar-refractivity contribution in [3.63, 3.8) is 0 Å². The van der Waals surface area contributed by atoms with Gasteiger partial charge in [-0.05, 0) is 30.3 Å². The molecule has 0 spiro atoms. The van der Waals surface area contributed by atoms with E-state index >= 15 is 0 Å². The molecule has 3 N–H and O–H groups in total. The molecule has 1 amide bonds. The lowest BCUT2D eigenvalue weighted by molar-refractivity contribution is -0.138. The highest BCUT2D eigenvalue weighted by atomic mass is 35.5. The van der Waals surface area contributed by atoms with E-state index < -0.39 is 29.4 Å². The van der Waals surface area contributed by atoms with E-state index in [1.54, 1.807) is 42.5 Å². The van der Waals surface area contributed by atoms with E-state index in [0.717, 1.165) is 0 Å². The van der Waals surface area contributed by atoms with Crippen molar-refractivity contribution in [1.29, 1.82) is 0 Å². The number of halogens is 1. The number of para-hydroxylation sites is 1. The van der Waals surface area contributed by atoms with E-state index in [-0.39, 0.29) is 6.61 Å². The van der Waals surface area contributed by atoms with Crippen LogP contribution in [0.25, 0.3) is 0 Å². The highest BCUT2D eigenvalue weighted by Gasteiger charge is 2.49. The van der Waals surface area contributed by atoms with Crippen LogP contribution in [0.15, 0.2) is 83.9 Å². The minimum atomic E-state index is -2.27. The maximum atomic E-state index is 13.7. The fourth-order valence-corrected chi connectivity index (χ4v) is 4.15. The summed E-state index contributed by atoms with van der Waals surface area (Å²) < 4.78 is 5.60. The number of likely N-dealkylation sites (N-methyl/N-ethyl adjacent to an activating group) is 1. The normalized spacial score (nSPS) is 19.3. The van der Waals surface area contributed by atoms with Crippen molar-refractivity contribution in [2.75, 3.05) is 18.6 Å². The number of benzene rings is 3. The third-order valence-corrected chi connectivity index (χ3v) is 6.31. The molecule has 35 heavy (non-hydrogen) atoms. The van der Waals surface area contributed by atoms with E-state index in [1.807, 2.05) is 36.4 Å². The number of anilines is 1. The topological polar surface area (TPSA) is 105 Å². The lowest BCUT2D eigenvalue weighted by atomic mass is 9.89. The fourth-order valence-electron chi connectivity index (χ4n) is 3.98. The maximum absolute atomic E-state index is 13.7. The first-order chi connectivity index (χ1) is 16.7. The van der Waals surface area contributed by atoms with Gasteiger partial charge >= 0.3 is 0 Å². The number of ether oxygens (including phenoxy) is 1. The lowest BCUT2D eigenvalue weighted by Gasteiger charge is -2.30. The molecule has 3 aromatic carbocycles. The van der Waals surface area contributed by atoms with Crippen molar-refractivity contribution in [2.24, 2.45) is 16.6 Å². The Morgan fingerprint density at radius 2 is 1.74 bits per heavy atom. The van der Waals surface area contributed by atoms with Gasteiger partial charge in [-0.2, -0.15) is 0 Å². The van der Waals surface area contributed by atoms with Crippen molar-refractivity contribution in [3.8, 4) is 5.75 Å². The first kappa shape index (κ1) is 24.6. The summed E-state index contributed by atoms with van der Waals surface area (Å²) in [6, 6.07) is 23.1. The number of nitrogens with two attached hydrogens (primary N) is 1. The third-order valence-electron chi connectivity index (χ3n) is 6.07. The van der Waals surface area contributed by atoms with E-state index in [0.29, 0.717) is 33.3 Å². The zero-order valence-corrected chi connectivity index (χ0v) is 20.1. The van der Waals surface area contributed by atoms with Crippen molar-refractivity contribution in [3.05, 3.63) is 95.0 Å². The minimum absolute atomic E-state index is 0.151. The lowest BCUT2D eigenvalue weighted by Crippen LogP contribution is -2.61. The van der Waals surface area contributed by atoms with Crippen molar-refractivity contribution >= 4 is 34.7 Å². The first-order valence-electron chi connectivity index (χ1n) is 11.1. The van der Waals surface area contributed by atoms with Crippen LogP contribution < -0.4 is 15.4 Å². The maximum Gasteiger partial charge on any atom is 0.277 e. The number of aliphatic imine (C=N–C) groups is 1. The van der Waals surface area contributed by atoms with Gasteiger partial charge in [0.1, 0.15) is 12.4 Å². The number of hydrogen-bond donors (Lipinski definition) is 2. The largest absolute Gasteiger partial charge is 0.491 e. The van der Waals surface area contributed by atoms with Gasteiger partial charge in [0.05, 0.1) is 17.5 Å². The van der Waals surface area contributed by atoms with Gasteiger partial charge in [-0.25, -0.2) is 4.99 Å². The van der Waals surface area contributed by atoms with Gasteiger partial charge in [-0.15, -0.1) is 0 Å². The second-order valence-electron chi connectivity index (χ2n) is 8.46. The predicted molar refractivity (Wildman–Crippen MR) is 136 cm³/mol. The number of carbonyl (C=O) groups excluding carboxylic acids is 2. The summed E-state index contributed by atoms with van der Waals surface area (Å²) in [6.45, 7) is 1.36. The number of Topliss-reactive ketones (excluding diaryl/α,β-unsaturated/α-hetero) is 1. The van der Waals surface area contributed by atoms with Gasteiger partial charge in [-0.3, -0.25) is 15.3 Å². The number of benzodiazepines with no additional fused rings is 1. The molecule has 3 aromatic rings. The van der Waals surface area contributed by atoms with Crippen LogP contribution in [0.5, 0.6) is 5.75 Å². The molecule has 0 radical (unpaired) electrons. The average Bonchev–Trinajstić information content (AvgIpc) is 2.96. The standard InChI is InChI=1S/C27H26ClN3O4/c1-17(23(32)16-35-20-11-7-4-8-12-20)25(33)27(29)26(34)31(2)22-14-13-19(28)15-21(22)24(30-27)18-9-5-3-6-10-18/h3-15,17,23,32H,16,29H2,1-2H3/t17-,23-,27?/m1/s1. The number of nitrogens with zero attached hydrogens (tertiary/aromatic N) is 2.